The van der Waals surface area contributed by atoms with Gasteiger partial charge in [0.1, 0.15) is 17.3 Å². The minimum atomic E-state index is 0.761. The minimum Gasteiger partial charge on any atom is -0.457 e. The van der Waals surface area contributed by atoms with E-state index in [4.69, 9.17) is 14.7 Å². The van der Waals surface area contributed by atoms with Gasteiger partial charge in [-0.05, 0) is 73.7 Å². The van der Waals surface area contributed by atoms with E-state index in [1.165, 1.54) is 12.8 Å². The van der Waals surface area contributed by atoms with Crippen LogP contribution in [0.1, 0.15) is 26.2 Å². The fourth-order valence-corrected chi connectivity index (χ4v) is 3.89. The quantitative estimate of drug-likeness (QED) is 0.324. The largest absolute Gasteiger partial charge is 0.457 e. The number of aromatic nitrogens is 2. The van der Waals surface area contributed by atoms with Crippen molar-refractivity contribution in [3.05, 3.63) is 78.9 Å². The zero-order valence-electron chi connectivity index (χ0n) is 17.9. The molecule has 0 unspecified atom stereocenters. The molecular formula is C27H27N3O. The van der Waals surface area contributed by atoms with Gasteiger partial charge < -0.3 is 9.64 Å². The van der Waals surface area contributed by atoms with Gasteiger partial charge in [-0.15, -0.1) is 0 Å². The Bertz CT molecular complexity index is 1150. The van der Waals surface area contributed by atoms with Crippen LogP contribution in [0.3, 0.4) is 0 Å². The van der Waals surface area contributed by atoms with Crippen LogP contribution in [-0.2, 0) is 0 Å². The molecule has 0 N–H and O–H groups in total. The van der Waals surface area contributed by atoms with Crippen molar-refractivity contribution in [3.63, 3.8) is 0 Å². The van der Waals surface area contributed by atoms with Crippen LogP contribution in [0.5, 0.6) is 11.5 Å². The highest BCUT2D eigenvalue weighted by Crippen LogP contribution is 2.34. The Labute approximate surface area is 183 Å². The number of para-hydroxylation sites is 2. The third-order valence-electron chi connectivity index (χ3n) is 5.64. The Balaban J connectivity index is 1.49. The Morgan fingerprint density at radius 1 is 0.839 bits per heavy atom. The summed E-state index contributed by atoms with van der Waals surface area (Å²) < 4.78 is 5.93. The number of hydrogen-bond acceptors (Lipinski definition) is 4. The number of fused-ring (bicyclic) bond motifs is 1. The highest BCUT2D eigenvalue weighted by Gasteiger charge is 2.26. The van der Waals surface area contributed by atoms with Crippen molar-refractivity contribution in [1.82, 2.24) is 9.97 Å². The Morgan fingerprint density at radius 3 is 2.29 bits per heavy atom. The predicted molar refractivity (Wildman–Crippen MR) is 127 cm³/mol. The second kappa shape index (κ2) is 8.76. The molecule has 0 saturated heterocycles. The van der Waals surface area contributed by atoms with Gasteiger partial charge >= 0.3 is 0 Å². The minimum absolute atomic E-state index is 0.761. The summed E-state index contributed by atoms with van der Waals surface area (Å²) >= 11 is 0. The van der Waals surface area contributed by atoms with Crippen molar-refractivity contribution in [2.45, 2.75) is 26.2 Å². The van der Waals surface area contributed by atoms with Gasteiger partial charge in [-0.2, -0.15) is 0 Å². The molecule has 0 bridgehead atoms. The maximum atomic E-state index is 5.93. The second-order valence-electron chi connectivity index (χ2n) is 8.22. The SMILES string of the molecule is CCCN(CC1CC1)c1nc(-c2ccc(Oc3ccccc3)cc2)nc2ccccc12. The van der Waals surface area contributed by atoms with Crippen LogP contribution in [0.4, 0.5) is 5.82 Å². The van der Waals surface area contributed by atoms with Crippen molar-refractivity contribution in [2.24, 2.45) is 5.92 Å². The number of ether oxygens (including phenoxy) is 1. The topological polar surface area (TPSA) is 38.2 Å². The molecule has 1 saturated carbocycles. The monoisotopic (exact) mass is 409 g/mol. The van der Waals surface area contributed by atoms with E-state index in [0.717, 1.165) is 65.0 Å². The van der Waals surface area contributed by atoms with Crippen molar-refractivity contribution >= 4 is 16.7 Å². The van der Waals surface area contributed by atoms with Crippen molar-refractivity contribution in [1.29, 1.82) is 0 Å². The first-order valence-corrected chi connectivity index (χ1v) is 11.1. The molecule has 4 heteroatoms. The van der Waals surface area contributed by atoms with E-state index in [9.17, 15) is 0 Å². The molecule has 1 heterocycles. The maximum absolute atomic E-state index is 5.93. The number of nitrogens with zero attached hydrogens (tertiary/aromatic N) is 3. The third-order valence-corrected chi connectivity index (χ3v) is 5.64. The molecule has 3 aromatic carbocycles. The second-order valence-corrected chi connectivity index (χ2v) is 8.22. The average molecular weight is 410 g/mol. The molecule has 5 rings (SSSR count). The number of hydrogen-bond donors (Lipinski definition) is 0. The smallest absolute Gasteiger partial charge is 0.162 e. The molecule has 1 aromatic heterocycles. The van der Waals surface area contributed by atoms with Gasteiger partial charge in [0.2, 0.25) is 0 Å². The molecule has 0 radical (unpaired) electrons. The molecular weight excluding hydrogens is 382 g/mol. The molecule has 1 aliphatic carbocycles. The number of anilines is 1. The zero-order chi connectivity index (χ0) is 21.0. The fourth-order valence-electron chi connectivity index (χ4n) is 3.89. The van der Waals surface area contributed by atoms with E-state index in [1.807, 2.05) is 60.7 Å². The lowest BCUT2D eigenvalue weighted by Crippen LogP contribution is -2.28. The van der Waals surface area contributed by atoms with Crippen LogP contribution in [0.2, 0.25) is 0 Å². The predicted octanol–water partition coefficient (Wildman–Crippen LogP) is 6.72. The summed E-state index contributed by atoms with van der Waals surface area (Å²) in [6, 6.07) is 26.2. The van der Waals surface area contributed by atoms with Crippen LogP contribution in [0, 0.1) is 5.92 Å². The Morgan fingerprint density at radius 2 is 1.55 bits per heavy atom. The first-order chi connectivity index (χ1) is 15.3. The fraction of sp³-hybridized carbons (Fsp3) is 0.259. The molecule has 0 atom stereocenters. The van der Waals surface area contributed by atoms with Gasteiger partial charge in [-0.3, -0.25) is 0 Å². The lowest BCUT2D eigenvalue weighted by molar-refractivity contribution is 0.483. The Kier molecular flexibility index (Phi) is 5.53. The van der Waals surface area contributed by atoms with Crippen LogP contribution in [0.15, 0.2) is 78.9 Å². The van der Waals surface area contributed by atoms with Crippen LogP contribution >= 0.6 is 0 Å². The molecule has 0 aliphatic heterocycles. The summed E-state index contributed by atoms with van der Waals surface area (Å²) in [5.41, 5.74) is 1.99. The molecule has 31 heavy (non-hydrogen) atoms. The van der Waals surface area contributed by atoms with Crippen molar-refractivity contribution in [3.8, 4) is 22.9 Å². The Hall–Kier alpha value is -3.40. The van der Waals surface area contributed by atoms with Crippen LogP contribution in [-0.4, -0.2) is 23.1 Å². The molecule has 1 aliphatic rings. The maximum Gasteiger partial charge on any atom is 0.162 e. The van der Waals surface area contributed by atoms with E-state index >= 15 is 0 Å². The number of rotatable bonds is 8. The molecule has 156 valence electrons. The van der Waals surface area contributed by atoms with Gasteiger partial charge in [-0.25, -0.2) is 9.97 Å². The molecule has 0 spiro atoms. The highest BCUT2D eigenvalue weighted by atomic mass is 16.5. The van der Waals surface area contributed by atoms with Crippen molar-refractivity contribution < 1.29 is 4.74 Å². The van der Waals surface area contributed by atoms with Gasteiger partial charge in [-0.1, -0.05) is 37.3 Å². The van der Waals surface area contributed by atoms with Gasteiger partial charge in [0, 0.05) is 24.0 Å². The first-order valence-electron chi connectivity index (χ1n) is 11.1. The van der Waals surface area contributed by atoms with E-state index in [-0.39, 0.29) is 0 Å². The van der Waals surface area contributed by atoms with Gasteiger partial charge in [0.15, 0.2) is 5.82 Å². The van der Waals surface area contributed by atoms with Crippen molar-refractivity contribution in [2.75, 3.05) is 18.0 Å². The lowest BCUT2D eigenvalue weighted by Gasteiger charge is -2.25. The molecule has 0 amide bonds. The third kappa shape index (κ3) is 4.53. The normalized spacial score (nSPS) is 13.3. The van der Waals surface area contributed by atoms with Gasteiger partial charge in [0.25, 0.3) is 0 Å². The standard InChI is InChI=1S/C27H27N3O/c1-2-18-30(19-20-12-13-20)27-24-10-6-7-11-25(24)28-26(29-27)21-14-16-23(17-15-21)31-22-8-4-3-5-9-22/h3-11,14-17,20H,2,12-13,18-19H2,1H3. The lowest BCUT2D eigenvalue weighted by atomic mass is 10.1. The van der Waals surface area contributed by atoms with Crippen LogP contribution < -0.4 is 9.64 Å². The summed E-state index contributed by atoms with van der Waals surface area (Å²) in [6.07, 6.45) is 3.77. The number of benzene rings is 3. The van der Waals surface area contributed by atoms with E-state index in [2.05, 4.69) is 30.0 Å². The summed E-state index contributed by atoms with van der Waals surface area (Å²) in [7, 11) is 0. The summed E-state index contributed by atoms with van der Waals surface area (Å²) in [5.74, 6) is 4.25. The molecule has 4 nitrogen and oxygen atoms in total. The van der Waals surface area contributed by atoms with E-state index in [1.54, 1.807) is 0 Å². The van der Waals surface area contributed by atoms with E-state index < -0.39 is 0 Å². The zero-order valence-corrected chi connectivity index (χ0v) is 17.9. The van der Waals surface area contributed by atoms with E-state index in [0.29, 0.717) is 0 Å². The summed E-state index contributed by atoms with van der Waals surface area (Å²) in [4.78, 5) is 12.4. The molecule has 1 fully saturated rings. The highest BCUT2D eigenvalue weighted by molar-refractivity contribution is 5.91. The van der Waals surface area contributed by atoms with Gasteiger partial charge in [0.05, 0.1) is 5.52 Å². The summed E-state index contributed by atoms with van der Waals surface area (Å²) in [5, 5.41) is 1.13. The molecule has 4 aromatic rings. The summed E-state index contributed by atoms with van der Waals surface area (Å²) in [6.45, 7) is 4.33. The van der Waals surface area contributed by atoms with Crippen LogP contribution in [0.25, 0.3) is 22.3 Å². The first kappa shape index (κ1) is 19.6. The average Bonchev–Trinajstić information content (AvgIpc) is 3.63.